The van der Waals surface area contributed by atoms with E-state index in [1.807, 2.05) is 0 Å². The zero-order valence-electron chi connectivity index (χ0n) is 16.2. The molecule has 0 radical (unpaired) electrons. The van der Waals surface area contributed by atoms with Gasteiger partial charge in [0.2, 0.25) is 5.91 Å². The third-order valence-electron chi connectivity index (χ3n) is 4.39. The number of carbonyl (C=O) groups is 1. The lowest BCUT2D eigenvalue weighted by Gasteiger charge is -2.10. The first kappa shape index (κ1) is 20.4. The van der Waals surface area contributed by atoms with E-state index >= 15 is 0 Å². The molecule has 0 bridgehead atoms. The highest BCUT2D eigenvalue weighted by atomic mass is 16.6. The zero-order chi connectivity index (χ0) is 22.7. The zero-order valence-corrected chi connectivity index (χ0v) is 16.2. The average Bonchev–Trinajstić information content (AvgIpc) is 3.16. The van der Waals surface area contributed by atoms with Gasteiger partial charge in [-0.2, -0.15) is 5.10 Å². The Kier molecular flexibility index (Phi) is 5.40. The van der Waals surface area contributed by atoms with Crippen LogP contribution in [0.25, 0.3) is 10.9 Å². The van der Waals surface area contributed by atoms with Crippen LogP contribution in [0.2, 0.25) is 0 Å². The first-order valence-corrected chi connectivity index (χ1v) is 9.16. The number of pyridine rings is 1. The average molecular weight is 434 g/mol. The number of hydrogen-bond acceptors (Lipinski definition) is 8. The summed E-state index contributed by atoms with van der Waals surface area (Å²) in [6.07, 6.45) is 4.43. The van der Waals surface area contributed by atoms with Crippen LogP contribution in [0.15, 0.2) is 67.1 Å². The first-order chi connectivity index (χ1) is 15.4. The molecule has 0 unspecified atom stereocenters. The molecule has 160 valence electrons. The van der Waals surface area contributed by atoms with E-state index in [2.05, 4.69) is 15.4 Å². The number of nitro groups is 2. The van der Waals surface area contributed by atoms with Gasteiger partial charge in [0.05, 0.1) is 39.5 Å². The van der Waals surface area contributed by atoms with Gasteiger partial charge in [0.1, 0.15) is 18.0 Å². The Morgan fingerprint density at radius 1 is 1.00 bits per heavy atom. The number of anilines is 1. The molecule has 1 amide bonds. The topological polar surface area (TPSA) is 155 Å². The lowest BCUT2D eigenvalue weighted by molar-refractivity contribution is -0.385. The van der Waals surface area contributed by atoms with Crippen LogP contribution in [0, 0.1) is 20.2 Å². The third kappa shape index (κ3) is 4.48. The highest BCUT2D eigenvalue weighted by Gasteiger charge is 2.15. The van der Waals surface area contributed by atoms with Crippen molar-refractivity contribution in [2.24, 2.45) is 0 Å². The molecule has 4 rings (SSSR count). The Morgan fingerprint density at radius 3 is 2.53 bits per heavy atom. The van der Waals surface area contributed by atoms with Crippen LogP contribution in [-0.4, -0.2) is 30.5 Å². The van der Waals surface area contributed by atoms with E-state index in [9.17, 15) is 25.0 Å². The number of nitrogens with one attached hydrogen (secondary N) is 1. The van der Waals surface area contributed by atoms with E-state index in [0.717, 1.165) is 0 Å². The quantitative estimate of drug-likeness (QED) is 0.341. The number of fused-ring (bicyclic) bond motifs is 1. The third-order valence-corrected chi connectivity index (χ3v) is 4.39. The summed E-state index contributed by atoms with van der Waals surface area (Å²) in [7, 11) is 0. The summed E-state index contributed by atoms with van der Waals surface area (Å²) in [6.45, 7) is -0.206. The smallest absolute Gasteiger partial charge is 0.275 e. The fraction of sp³-hybridized carbons (Fsp3) is 0.0500. The van der Waals surface area contributed by atoms with Crippen LogP contribution in [0.1, 0.15) is 0 Å². The van der Waals surface area contributed by atoms with Gasteiger partial charge in [0, 0.05) is 35.8 Å². The predicted octanol–water partition coefficient (Wildman–Crippen LogP) is 3.68. The predicted molar refractivity (Wildman–Crippen MR) is 112 cm³/mol. The summed E-state index contributed by atoms with van der Waals surface area (Å²) >= 11 is 0. The van der Waals surface area contributed by atoms with Crippen molar-refractivity contribution in [3.05, 3.63) is 87.4 Å². The van der Waals surface area contributed by atoms with Gasteiger partial charge in [-0.05, 0) is 18.2 Å². The largest absolute Gasteiger partial charge is 0.455 e. The fourth-order valence-corrected chi connectivity index (χ4v) is 3.01. The minimum absolute atomic E-state index is 0.0840. The number of benzene rings is 2. The van der Waals surface area contributed by atoms with Gasteiger partial charge in [-0.1, -0.05) is 0 Å². The van der Waals surface area contributed by atoms with Gasteiger partial charge < -0.3 is 10.1 Å². The molecular weight excluding hydrogens is 420 g/mol. The maximum atomic E-state index is 12.5. The van der Waals surface area contributed by atoms with E-state index in [4.69, 9.17) is 4.74 Å². The van der Waals surface area contributed by atoms with Gasteiger partial charge >= 0.3 is 0 Å². The molecule has 0 fully saturated rings. The molecule has 0 aliphatic rings. The molecule has 0 atom stereocenters. The molecule has 2 aromatic carbocycles. The van der Waals surface area contributed by atoms with Crippen molar-refractivity contribution in [1.29, 1.82) is 0 Å². The van der Waals surface area contributed by atoms with Gasteiger partial charge in [0.25, 0.3) is 11.4 Å². The normalized spacial score (nSPS) is 10.6. The molecule has 4 aromatic rings. The van der Waals surface area contributed by atoms with Crippen LogP contribution >= 0.6 is 0 Å². The minimum Gasteiger partial charge on any atom is -0.455 e. The van der Waals surface area contributed by atoms with E-state index in [1.165, 1.54) is 53.5 Å². The number of rotatable bonds is 7. The van der Waals surface area contributed by atoms with Gasteiger partial charge in [-0.3, -0.25) is 34.7 Å². The van der Waals surface area contributed by atoms with E-state index in [-0.39, 0.29) is 29.4 Å². The fourth-order valence-electron chi connectivity index (χ4n) is 3.01. The number of nitro benzene ring substituents is 2. The molecule has 12 nitrogen and oxygen atoms in total. The maximum Gasteiger partial charge on any atom is 0.275 e. The second-order valence-corrected chi connectivity index (χ2v) is 6.61. The molecule has 2 heterocycles. The Hall–Kier alpha value is -4.87. The van der Waals surface area contributed by atoms with Crippen LogP contribution in [0.3, 0.4) is 0 Å². The number of carbonyl (C=O) groups excluding carboxylic acids is 1. The summed E-state index contributed by atoms with van der Waals surface area (Å²) in [5.74, 6) is 0.0305. The SMILES string of the molecule is O=C(Cn1ncc2cc([N+](=O)[O-])ccc21)Nc1cc(Oc2cccnc2)cc([N+](=O)[O-])c1. The highest BCUT2D eigenvalue weighted by Crippen LogP contribution is 2.29. The number of nitrogens with zero attached hydrogens (tertiary/aromatic N) is 5. The Bertz CT molecular complexity index is 1340. The van der Waals surface area contributed by atoms with Gasteiger partial charge in [-0.25, -0.2) is 0 Å². The molecular formula is C20H14N6O6. The summed E-state index contributed by atoms with van der Waals surface area (Å²) in [5.41, 5.74) is 0.346. The number of aromatic nitrogens is 3. The van der Waals surface area contributed by atoms with Crippen LogP contribution < -0.4 is 10.1 Å². The maximum absolute atomic E-state index is 12.5. The van der Waals surface area contributed by atoms with Crippen LogP contribution in [0.4, 0.5) is 17.1 Å². The summed E-state index contributed by atoms with van der Waals surface area (Å²) in [6, 6.07) is 11.4. The monoisotopic (exact) mass is 434 g/mol. The lowest BCUT2D eigenvalue weighted by atomic mass is 10.2. The Labute approximate surface area is 179 Å². The van der Waals surface area contributed by atoms with Crippen LogP contribution in [0.5, 0.6) is 11.5 Å². The van der Waals surface area contributed by atoms with Crippen LogP contribution in [-0.2, 0) is 11.3 Å². The van der Waals surface area contributed by atoms with Crippen molar-refractivity contribution in [1.82, 2.24) is 14.8 Å². The molecule has 0 saturated heterocycles. The van der Waals surface area contributed by atoms with E-state index < -0.39 is 15.8 Å². The molecule has 0 spiro atoms. The number of ether oxygens (including phenoxy) is 1. The summed E-state index contributed by atoms with van der Waals surface area (Å²) in [5, 5.41) is 29.4. The van der Waals surface area contributed by atoms with E-state index in [0.29, 0.717) is 16.7 Å². The number of non-ortho nitro benzene ring substituents is 2. The van der Waals surface area contributed by atoms with Crippen molar-refractivity contribution >= 4 is 33.9 Å². The van der Waals surface area contributed by atoms with Crippen molar-refractivity contribution in [2.45, 2.75) is 6.54 Å². The minimum atomic E-state index is -0.598. The highest BCUT2D eigenvalue weighted by molar-refractivity contribution is 5.92. The Balaban J connectivity index is 1.54. The molecule has 0 aliphatic carbocycles. The molecule has 2 aromatic heterocycles. The van der Waals surface area contributed by atoms with Gasteiger partial charge in [0.15, 0.2) is 0 Å². The van der Waals surface area contributed by atoms with Crippen molar-refractivity contribution in [3.63, 3.8) is 0 Å². The Morgan fingerprint density at radius 2 is 1.81 bits per heavy atom. The van der Waals surface area contributed by atoms with Crippen molar-refractivity contribution in [3.8, 4) is 11.5 Å². The first-order valence-electron chi connectivity index (χ1n) is 9.16. The molecule has 0 aliphatic heterocycles. The van der Waals surface area contributed by atoms with Gasteiger partial charge in [-0.15, -0.1) is 0 Å². The molecule has 1 N–H and O–H groups in total. The molecule has 0 saturated carbocycles. The molecule has 32 heavy (non-hydrogen) atoms. The number of amides is 1. The second-order valence-electron chi connectivity index (χ2n) is 6.61. The van der Waals surface area contributed by atoms with Crippen molar-refractivity contribution < 1.29 is 19.4 Å². The van der Waals surface area contributed by atoms with Crippen molar-refractivity contribution in [2.75, 3.05) is 5.32 Å². The van der Waals surface area contributed by atoms with E-state index in [1.54, 1.807) is 18.3 Å². The standard InChI is InChI=1S/C20H14N6O6/c27-20(12-24-19-4-3-15(25(28)29)6-13(19)10-22-24)23-14-7-16(26(30)31)9-18(8-14)32-17-2-1-5-21-11-17/h1-11H,12H2,(H,23,27). The molecule has 12 heteroatoms. The summed E-state index contributed by atoms with van der Waals surface area (Å²) < 4.78 is 6.97. The summed E-state index contributed by atoms with van der Waals surface area (Å²) in [4.78, 5) is 37.5. The lowest BCUT2D eigenvalue weighted by Crippen LogP contribution is -2.19. The number of hydrogen-bond donors (Lipinski definition) is 1. The second kappa shape index (κ2) is 8.47.